The van der Waals surface area contributed by atoms with Crippen LogP contribution in [0.15, 0.2) is 28.7 Å². The van der Waals surface area contributed by atoms with E-state index in [1.807, 2.05) is 19.2 Å². The highest BCUT2D eigenvalue weighted by molar-refractivity contribution is 7.17. The third-order valence-electron chi connectivity index (χ3n) is 4.91. The number of thiophene rings is 1. The van der Waals surface area contributed by atoms with E-state index in [0.29, 0.717) is 21.9 Å². The van der Waals surface area contributed by atoms with Crippen molar-refractivity contribution >= 4 is 39.2 Å². The lowest BCUT2D eigenvalue weighted by molar-refractivity contribution is 0.0526. The number of carbonyl (C=O) groups excluding carboxylic acids is 2. The molecule has 1 aromatic carbocycles. The van der Waals surface area contributed by atoms with Crippen molar-refractivity contribution in [1.82, 2.24) is 4.90 Å². The number of carbonyl (C=O) groups is 2. The zero-order valence-electron chi connectivity index (χ0n) is 16.5. The highest BCUT2D eigenvalue weighted by Crippen LogP contribution is 2.38. The number of esters is 1. The fraction of sp³-hybridized carbons (Fsp3) is 0.333. The first-order valence-electron chi connectivity index (χ1n) is 9.40. The molecule has 0 aliphatic carbocycles. The van der Waals surface area contributed by atoms with Crippen molar-refractivity contribution in [3.05, 3.63) is 46.0 Å². The van der Waals surface area contributed by atoms with Gasteiger partial charge >= 0.3 is 5.97 Å². The predicted octanol–water partition coefficient (Wildman–Crippen LogP) is 3.92. The number of nitrogens with zero attached hydrogens (tertiary/aromatic N) is 1. The van der Waals surface area contributed by atoms with Gasteiger partial charge in [0.2, 0.25) is 0 Å². The Kier molecular flexibility index (Phi) is 5.29. The minimum atomic E-state index is -0.416. The summed E-state index contributed by atoms with van der Waals surface area (Å²) in [6.45, 7) is 3.64. The van der Waals surface area contributed by atoms with Crippen molar-refractivity contribution in [3.63, 3.8) is 0 Å². The smallest absolute Gasteiger partial charge is 0.341 e. The summed E-state index contributed by atoms with van der Waals surface area (Å²) in [5.41, 5.74) is 1.94. The van der Waals surface area contributed by atoms with Crippen LogP contribution >= 0.6 is 11.3 Å². The number of para-hydroxylation sites is 1. The Morgan fingerprint density at radius 3 is 2.93 bits per heavy atom. The fourth-order valence-electron chi connectivity index (χ4n) is 3.51. The molecule has 0 fully saturated rings. The molecule has 0 radical (unpaired) electrons. The van der Waals surface area contributed by atoms with Crippen molar-refractivity contribution in [2.45, 2.75) is 19.9 Å². The molecule has 152 valence electrons. The van der Waals surface area contributed by atoms with Gasteiger partial charge in [0.25, 0.3) is 5.91 Å². The average Bonchev–Trinajstić information content (AvgIpc) is 3.28. The van der Waals surface area contributed by atoms with E-state index in [4.69, 9.17) is 13.9 Å². The molecule has 1 aliphatic heterocycles. The summed E-state index contributed by atoms with van der Waals surface area (Å²) < 4.78 is 16.3. The third-order valence-corrected chi connectivity index (χ3v) is 6.04. The van der Waals surface area contributed by atoms with E-state index in [-0.39, 0.29) is 12.4 Å². The van der Waals surface area contributed by atoms with Gasteiger partial charge in [-0.25, -0.2) is 4.79 Å². The summed E-state index contributed by atoms with van der Waals surface area (Å²) in [6, 6.07) is 7.12. The normalized spacial score (nSPS) is 13.9. The Bertz CT molecular complexity index is 1080. The first kappa shape index (κ1) is 19.5. The van der Waals surface area contributed by atoms with E-state index in [0.717, 1.165) is 35.3 Å². The number of likely N-dealkylation sites (N-methyl/N-ethyl adjacent to an activating group) is 1. The number of amides is 1. The lowest BCUT2D eigenvalue weighted by Gasteiger charge is -2.22. The molecule has 3 aromatic rings. The topological polar surface area (TPSA) is 81.0 Å². The van der Waals surface area contributed by atoms with Crippen LogP contribution in [0.4, 0.5) is 5.00 Å². The maximum atomic E-state index is 12.9. The molecule has 2 aromatic heterocycles. The molecule has 0 saturated carbocycles. The van der Waals surface area contributed by atoms with Gasteiger partial charge in [-0.1, -0.05) is 12.1 Å². The maximum Gasteiger partial charge on any atom is 0.341 e. The number of nitrogens with one attached hydrogen (secondary N) is 1. The standard InChI is InChI=1S/C21H22N2O5S/c1-4-27-21(25)17-13-8-9-23(2)11-16(13)29-20(17)22-19(24)15-10-12-6-5-7-14(26-3)18(12)28-15/h5-7,10H,4,8-9,11H2,1-3H3,(H,22,24). The minimum Gasteiger partial charge on any atom is -0.493 e. The number of furan rings is 1. The average molecular weight is 414 g/mol. The summed E-state index contributed by atoms with van der Waals surface area (Å²) in [5.74, 6) is -0.108. The van der Waals surface area contributed by atoms with E-state index < -0.39 is 11.9 Å². The molecule has 8 heteroatoms. The zero-order valence-corrected chi connectivity index (χ0v) is 17.4. The van der Waals surface area contributed by atoms with Crippen LogP contribution in [0.3, 0.4) is 0 Å². The number of rotatable bonds is 5. The monoisotopic (exact) mass is 414 g/mol. The van der Waals surface area contributed by atoms with Crippen LogP contribution < -0.4 is 10.1 Å². The molecule has 7 nitrogen and oxygen atoms in total. The minimum absolute atomic E-state index is 0.155. The van der Waals surface area contributed by atoms with Gasteiger partial charge in [-0.3, -0.25) is 4.79 Å². The second-order valence-electron chi connectivity index (χ2n) is 6.86. The Balaban J connectivity index is 1.68. The number of fused-ring (bicyclic) bond motifs is 2. The van der Waals surface area contributed by atoms with Gasteiger partial charge < -0.3 is 24.1 Å². The third kappa shape index (κ3) is 3.61. The Hall–Kier alpha value is -2.84. The second kappa shape index (κ2) is 7.88. The summed E-state index contributed by atoms with van der Waals surface area (Å²) in [6.07, 6.45) is 0.744. The van der Waals surface area contributed by atoms with E-state index in [9.17, 15) is 9.59 Å². The van der Waals surface area contributed by atoms with Crippen LogP contribution in [0, 0.1) is 0 Å². The summed E-state index contributed by atoms with van der Waals surface area (Å²) >= 11 is 1.42. The summed E-state index contributed by atoms with van der Waals surface area (Å²) in [4.78, 5) is 28.8. The van der Waals surface area contributed by atoms with Crippen molar-refractivity contribution in [1.29, 1.82) is 0 Å². The molecular formula is C21H22N2O5S. The molecule has 0 unspecified atom stereocenters. The summed E-state index contributed by atoms with van der Waals surface area (Å²) in [5, 5.41) is 4.13. The van der Waals surface area contributed by atoms with Gasteiger partial charge in [0, 0.05) is 23.4 Å². The molecular weight excluding hydrogens is 392 g/mol. The van der Waals surface area contributed by atoms with Crippen LogP contribution in [0.25, 0.3) is 11.0 Å². The fourth-order valence-corrected chi connectivity index (χ4v) is 4.82. The Morgan fingerprint density at radius 1 is 1.34 bits per heavy atom. The van der Waals surface area contributed by atoms with Gasteiger partial charge in [-0.15, -0.1) is 11.3 Å². The molecule has 0 spiro atoms. The van der Waals surface area contributed by atoms with Gasteiger partial charge in [0.1, 0.15) is 5.00 Å². The number of methoxy groups -OCH3 is 1. The van der Waals surface area contributed by atoms with Gasteiger partial charge in [-0.05, 0) is 38.1 Å². The molecule has 1 N–H and O–H groups in total. The first-order chi connectivity index (χ1) is 14.0. The molecule has 0 atom stereocenters. The molecule has 1 amide bonds. The highest BCUT2D eigenvalue weighted by atomic mass is 32.1. The second-order valence-corrected chi connectivity index (χ2v) is 7.96. The number of ether oxygens (including phenoxy) is 2. The lowest BCUT2D eigenvalue weighted by Crippen LogP contribution is -2.26. The van der Waals surface area contributed by atoms with Crippen LogP contribution in [0.5, 0.6) is 5.75 Å². The van der Waals surface area contributed by atoms with Crippen LogP contribution in [-0.2, 0) is 17.7 Å². The van der Waals surface area contributed by atoms with Gasteiger partial charge in [0.05, 0.1) is 19.3 Å². The number of hydrogen-bond acceptors (Lipinski definition) is 7. The quantitative estimate of drug-likeness (QED) is 0.638. The summed E-state index contributed by atoms with van der Waals surface area (Å²) in [7, 11) is 3.59. The SMILES string of the molecule is CCOC(=O)c1c(NC(=O)c2cc3cccc(OC)c3o2)sc2c1CCN(C)C2. The van der Waals surface area contributed by atoms with E-state index in [1.165, 1.54) is 11.3 Å². The lowest BCUT2D eigenvalue weighted by atomic mass is 10.0. The van der Waals surface area contributed by atoms with E-state index in [2.05, 4.69) is 10.2 Å². The van der Waals surface area contributed by atoms with Gasteiger partial charge in [-0.2, -0.15) is 0 Å². The zero-order chi connectivity index (χ0) is 20.5. The van der Waals surface area contributed by atoms with E-state index >= 15 is 0 Å². The maximum absolute atomic E-state index is 12.9. The van der Waals surface area contributed by atoms with Crippen LogP contribution in [0.2, 0.25) is 0 Å². The molecule has 0 saturated heterocycles. The van der Waals surface area contributed by atoms with Crippen molar-refractivity contribution in [3.8, 4) is 5.75 Å². The van der Waals surface area contributed by atoms with Gasteiger partial charge in [0.15, 0.2) is 17.1 Å². The molecule has 0 bridgehead atoms. The molecule has 4 rings (SSSR count). The molecule has 1 aliphatic rings. The number of benzene rings is 1. The van der Waals surface area contributed by atoms with Crippen LogP contribution in [0.1, 0.15) is 38.3 Å². The molecule has 3 heterocycles. The predicted molar refractivity (Wildman–Crippen MR) is 111 cm³/mol. The van der Waals surface area contributed by atoms with Crippen molar-refractivity contribution < 1.29 is 23.5 Å². The number of hydrogen-bond donors (Lipinski definition) is 1. The highest BCUT2D eigenvalue weighted by Gasteiger charge is 2.29. The Morgan fingerprint density at radius 2 is 2.17 bits per heavy atom. The molecule has 29 heavy (non-hydrogen) atoms. The van der Waals surface area contributed by atoms with E-state index in [1.54, 1.807) is 26.2 Å². The van der Waals surface area contributed by atoms with Crippen molar-refractivity contribution in [2.24, 2.45) is 0 Å². The first-order valence-corrected chi connectivity index (χ1v) is 10.2. The van der Waals surface area contributed by atoms with Crippen molar-refractivity contribution in [2.75, 3.05) is 32.6 Å². The Labute approximate surface area is 172 Å². The number of anilines is 1. The largest absolute Gasteiger partial charge is 0.493 e. The van der Waals surface area contributed by atoms with Crippen LogP contribution in [-0.4, -0.2) is 44.1 Å².